The number of esters is 1. The molecule has 7 nitrogen and oxygen atoms in total. The summed E-state index contributed by atoms with van der Waals surface area (Å²) >= 11 is 0.415. The number of ketones is 1. The molecule has 0 saturated heterocycles. The van der Waals surface area contributed by atoms with Gasteiger partial charge in [-0.2, -0.15) is 0 Å². The topological polar surface area (TPSA) is 101 Å². The SMILES string of the molecule is CC(=O)O[C@]1(C(=O)SC(=O)N(C)C)[C@H](C)C[C@H]2[C@@H]3C[C@H](F)C4=CC(=O)C=C[C@]4(C)[C@@]3(F)[C@@H](O)C[C@@]21C. The van der Waals surface area contributed by atoms with Gasteiger partial charge in [-0.05, 0) is 49.8 Å². The molecule has 0 aromatic rings. The van der Waals surface area contributed by atoms with E-state index in [1.54, 1.807) is 13.8 Å². The number of carbonyl (C=O) groups excluding carboxylic acids is 4. The van der Waals surface area contributed by atoms with Crippen molar-refractivity contribution in [3.63, 3.8) is 0 Å². The quantitative estimate of drug-likeness (QED) is 0.548. The van der Waals surface area contributed by atoms with Crippen LogP contribution in [0.5, 0.6) is 0 Å². The van der Waals surface area contributed by atoms with Gasteiger partial charge in [-0.3, -0.25) is 19.2 Å². The fourth-order valence-electron chi connectivity index (χ4n) is 7.69. The van der Waals surface area contributed by atoms with Crippen LogP contribution in [0.2, 0.25) is 0 Å². The van der Waals surface area contributed by atoms with Crippen molar-refractivity contribution >= 4 is 33.9 Å². The number of aliphatic hydroxyl groups excluding tert-OH is 1. The fraction of sp³-hybridized carbons (Fsp3) is 0.692. The highest BCUT2D eigenvalue weighted by atomic mass is 32.2. The highest BCUT2D eigenvalue weighted by Crippen LogP contribution is 2.72. The Balaban J connectivity index is 1.86. The summed E-state index contributed by atoms with van der Waals surface area (Å²) in [5, 5.41) is 10.2. The Kier molecular flexibility index (Phi) is 6.35. The van der Waals surface area contributed by atoms with Crippen LogP contribution < -0.4 is 0 Å². The molecular weight excluding hydrogens is 492 g/mol. The number of halogens is 2. The average molecular weight is 526 g/mol. The van der Waals surface area contributed by atoms with Crippen LogP contribution in [0.1, 0.15) is 47.0 Å². The normalized spacial score (nSPS) is 45.2. The molecule has 198 valence electrons. The van der Waals surface area contributed by atoms with Gasteiger partial charge in [0.2, 0.25) is 5.12 Å². The highest BCUT2D eigenvalue weighted by molar-refractivity contribution is 8.26. The molecule has 4 aliphatic rings. The van der Waals surface area contributed by atoms with Crippen molar-refractivity contribution in [3.05, 3.63) is 23.8 Å². The maximum Gasteiger partial charge on any atom is 0.303 e. The molecule has 0 unspecified atom stereocenters. The molecule has 0 radical (unpaired) electrons. The van der Waals surface area contributed by atoms with E-state index in [1.165, 1.54) is 38.1 Å². The third-order valence-electron chi connectivity index (χ3n) is 9.32. The Bertz CT molecular complexity index is 1090. The first-order valence-electron chi connectivity index (χ1n) is 12.2. The predicted molar refractivity (Wildman–Crippen MR) is 129 cm³/mol. The zero-order valence-electron chi connectivity index (χ0n) is 21.3. The lowest BCUT2D eigenvalue weighted by atomic mass is 9.44. The number of aliphatic hydroxyl groups is 1. The van der Waals surface area contributed by atoms with Gasteiger partial charge in [0.25, 0.3) is 5.24 Å². The van der Waals surface area contributed by atoms with Gasteiger partial charge >= 0.3 is 5.97 Å². The first-order valence-corrected chi connectivity index (χ1v) is 13.0. The van der Waals surface area contributed by atoms with Crippen LogP contribution in [-0.4, -0.2) is 69.8 Å². The molecule has 0 spiro atoms. The molecular formula is C26H33F2NO6S. The zero-order valence-corrected chi connectivity index (χ0v) is 22.2. The smallest absolute Gasteiger partial charge is 0.303 e. The van der Waals surface area contributed by atoms with Crippen molar-refractivity contribution in [2.75, 3.05) is 14.1 Å². The monoisotopic (exact) mass is 525 g/mol. The number of allylic oxidation sites excluding steroid dienone is 4. The molecule has 0 heterocycles. The summed E-state index contributed by atoms with van der Waals surface area (Å²) in [5.74, 6) is -3.45. The maximum atomic E-state index is 17.3. The minimum absolute atomic E-state index is 0.0110. The number of thioether (sulfide) groups is 1. The summed E-state index contributed by atoms with van der Waals surface area (Å²) in [4.78, 5) is 51.7. The second-order valence-electron chi connectivity index (χ2n) is 11.4. The number of amides is 1. The molecule has 0 bridgehead atoms. The number of nitrogens with zero attached hydrogens (tertiary/aromatic N) is 1. The third kappa shape index (κ3) is 3.32. The van der Waals surface area contributed by atoms with Crippen LogP contribution in [0.4, 0.5) is 13.6 Å². The van der Waals surface area contributed by atoms with E-state index in [0.717, 1.165) is 13.0 Å². The molecule has 36 heavy (non-hydrogen) atoms. The average Bonchev–Trinajstić information content (AvgIpc) is 2.98. The van der Waals surface area contributed by atoms with Gasteiger partial charge in [0.05, 0.1) is 6.10 Å². The summed E-state index contributed by atoms with van der Waals surface area (Å²) in [7, 11) is 2.98. The van der Waals surface area contributed by atoms with Crippen LogP contribution in [0.3, 0.4) is 0 Å². The highest BCUT2D eigenvalue weighted by Gasteiger charge is 2.78. The minimum atomic E-state index is -2.32. The van der Waals surface area contributed by atoms with Gasteiger partial charge < -0.3 is 14.7 Å². The second-order valence-corrected chi connectivity index (χ2v) is 12.3. The van der Waals surface area contributed by atoms with Crippen LogP contribution in [0.15, 0.2) is 23.8 Å². The van der Waals surface area contributed by atoms with E-state index in [-0.39, 0.29) is 24.8 Å². The first kappa shape index (κ1) is 27.0. The number of rotatable bonds is 2. The first-order chi connectivity index (χ1) is 16.6. The molecule has 4 rings (SSSR count). The number of hydrogen-bond acceptors (Lipinski definition) is 7. The Morgan fingerprint density at radius 2 is 1.83 bits per heavy atom. The van der Waals surface area contributed by atoms with Gasteiger partial charge in [-0.25, -0.2) is 8.78 Å². The molecule has 3 saturated carbocycles. The largest absolute Gasteiger partial charge is 0.449 e. The molecule has 10 heteroatoms. The molecule has 0 aromatic carbocycles. The molecule has 1 amide bonds. The Morgan fingerprint density at radius 1 is 1.19 bits per heavy atom. The second kappa shape index (κ2) is 8.48. The predicted octanol–water partition coefficient (Wildman–Crippen LogP) is 3.79. The number of hydrogen-bond donors (Lipinski definition) is 1. The number of fused-ring (bicyclic) bond motifs is 5. The van der Waals surface area contributed by atoms with Crippen molar-refractivity contribution < 1.29 is 37.8 Å². The third-order valence-corrected chi connectivity index (χ3v) is 10.4. The maximum absolute atomic E-state index is 17.3. The Morgan fingerprint density at radius 3 is 2.42 bits per heavy atom. The van der Waals surface area contributed by atoms with E-state index >= 15 is 8.78 Å². The van der Waals surface area contributed by atoms with E-state index < -0.39 is 74.2 Å². The number of alkyl halides is 2. The Hall–Kier alpha value is -2.07. The number of carbonyl (C=O) groups is 4. The molecule has 4 aliphatic carbocycles. The van der Waals surface area contributed by atoms with E-state index in [2.05, 4.69) is 0 Å². The van der Waals surface area contributed by atoms with Gasteiger partial charge in [0.1, 0.15) is 6.17 Å². The lowest BCUT2D eigenvalue weighted by Gasteiger charge is -2.63. The van der Waals surface area contributed by atoms with Crippen molar-refractivity contribution in [1.82, 2.24) is 4.90 Å². The zero-order chi connectivity index (χ0) is 27.0. The van der Waals surface area contributed by atoms with Gasteiger partial charge in [0.15, 0.2) is 17.1 Å². The van der Waals surface area contributed by atoms with E-state index in [9.17, 15) is 24.3 Å². The summed E-state index contributed by atoms with van der Waals surface area (Å²) in [6, 6.07) is 0. The summed E-state index contributed by atoms with van der Waals surface area (Å²) < 4.78 is 38.7. The summed E-state index contributed by atoms with van der Waals surface area (Å²) in [5.41, 5.74) is -6.94. The lowest BCUT2D eigenvalue weighted by molar-refractivity contribution is -0.228. The van der Waals surface area contributed by atoms with Gasteiger partial charge in [-0.1, -0.05) is 19.9 Å². The summed E-state index contributed by atoms with van der Waals surface area (Å²) in [6.07, 6.45) is 0.119. The number of ether oxygens (including phenoxy) is 1. The van der Waals surface area contributed by atoms with Gasteiger partial charge in [0, 0.05) is 55.4 Å². The Labute approximate surface area is 213 Å². The van der Waals surface area contributed by atoms with Crippen LogP contribution >= 0.6 is 11.8 Å². The van der Waals surface area contributed by atoms with E-state index in [4.69, 9.17) is 4.74 Å². The molecule has 0 aromatic heterocycles. The van der Waals surface area contributed by atoms with E-state index in [0.29, 0.717) is 11.8 Å². The van der Waals surface area contributed by atoms with Crippen molar-refractivity contribution in [2.24, 2.45) is 28.6 Å². The molecule has 9 atom stereocenters. The fourth-order valence-corrected chi connectivity index (χ4v) is 8.66. The van der Waals surface area contributed by atoms with Crippen molar-refractivity contribution in [1.29, 1.82) is 0 Å². The van der Waals surface area contributed by atoms with Crippen LogP contribution in [0, 0.1) is 28.6 Å². The van der Waals surface area contributed by atoms with Gasteiger partial charge in [-0.15, -0.1) is 0 Å². The lowest BCUT2D eigenvalue weighted by Crippen LogP contribution is -2.70. The standard InChI is InChI=1S/C26H33F2NO6S/c1-13-9-16-17-11-19(27)18-10-15(31)7-8-23(18,3)25(17,28)20(32)12-24(16,4)26(13,35-14(2)30)21(33)36-22(34)29(5)6/h7-8,10,13,16-17,19-20,32H,9,11-12H2,1-6H3/t13-,16+,17+,19+,20+,23+,24+,25+,26+/m1/s1. The van der Waals surface area contributed by atoms with Crippen molar-refractivity contribution in [3.8, 4) is 0 Å². The van der Waals surface area contributed by atoms with Crippen LogP contribution in [0.25, 0.3) is 0 Å². The van der Waals surface area contributed by atoms with E-state index in [1.807, 2.05) is 0 Å². The van der Waals surface area contributed by atoms with Crippen molar-refractivity contribution in [2.45, 2.75) is 70.5 Å². The summed E-state index contributed by atoms with van der Waals surface area (Å²) in [6.45, 7) is 6.04. The van der Waals surface area contributed by atoms with Crippen LogP contribution in [-0.2, 0) is 19.1 Å². The molecule has 1 N–H and O–H groups in total. The molecule has 3 fully saturated rings. The molecule has 0 aliphatic heterocycles. The minimum Gasteiger partial charge on any atom is -0.449 e.